The molecule has 2 atom stereocenters. The van der Waals surface area contributed by atoms with E-state index >= 15 is 0 Å². The lowest BCUT2D eigenvalue weighted by Crippen LogP contribution is -2.42. The number of aliphatic carboxylic acids is 1. The number of halogens is 2. The fourth-order valence-corrected chi connectivity index (χ4v) is 3.31. The first kappa shape index (κ1) is 13.8. The highest BCUT2D eigenvalue weighted by molar-refractivity contribution is 6.30. The van der Waals surface area contributed by atoms with E-state index < -0.39 is 17.2 Å². The van der Waals surface area contributed by atoms with Gasteiger partial charge in [0.25, 0.3) is 0 Å². The summed E-state index contributed by atoms with van der Waals surface area (Å²) in [5.74, 6) is -1.02. The molecular weight excluding hydrogens is 283 g/mol. The van der Waals surface area contributed by atoms with Gasteiger partial charge < -0.3 is 9.84 Å². The van der Waals surface area contributed by atoms with Crippen molar-refractivity contribution in [3.63, 3.8) is 0 Å². The molecule has 2 aliphatic rings. The van der Waals surface area contributed by atoms with Crippen LogP contribution in [0.2, 0.25) is 5.02 Å². The molecule has 3 nitrogen and oxygen atoms in total. The predicted octanol–water partition coefficient (Wildman–Crippen LogP) is 3.29. The molecule has 0 amide bonds. The van der Waals surface area contributed by atoms with E-state index in [2.05, 4.69) is 0 Å². The number of carboxylic acid groups (broad SMARTS) is 1. The molecule has 20 heavy (non-hydrogen) atoms. The van der Waals surface area contributed by atoms with Crippen molar-refractivity contribution in [2.75, 3.05) is 6.61 Å². The maximum atomic E-state index is 14.0. The van der Waals surface area contributed by atoms with E-state index in [1.165, 1.54) is 6.07 Å². The van der Waals surface area contributed by atoms with Crippen LogP contribution >= 0.6 is 11.6 Å². The first-order valence-corrected chi connectivity index (χ1v) is 7.20. The summed E-state index contributed by atoms with van der Waals surface area (Å²) >= 11 is 5.74. The Balaban J connectivity index is 1.92. The van der Waals surface area contributed by atoms with Crippen molar-refractivity contribution in [1.82, 2.24) is 0 Å². The van der Waals surface area contributed by atoms with Gasteiger partial charge in [0.2, 0.25) is 0 Å². The van der Waals surface area contributed by atoms with Crippen LogP contribution in [0.5, 0.6) is 0 Å². The third-order valence-corrected chi connectivity index (χ3v) is 4.62. The van der Waals surface area contributed by atoms with Gasteiger partial charge in [-0.1, -0.05) is 17.7 Å². The van der Waals surface area contributed by atoms with Crippen LogP contribution in [0.4, 0.5) is 4.39 Å². The minimum absolute atomic E-state index is 0.159. The summed E-state index contributed by atoms with van der Waals surface area (Å²) in [6.45, 7) is 0.433. The summed E-state index contributed by atoms with van der Waals surface area (Å²) in [4.78, 5) is 11.8. The van der Waals surface area contributed by atoms with Gasteiger partial charge >= 0.3 is 5.97 Å². The third-order valence-electron chi connectivity index (χ3n) is 4.39. The van der Waals surface area contributed by atoms with Crippen molar-refractivity contribution < 1.29 is 19.0 Å². The average molecular weight is 299 g/mol. The first-order chi connectivity index (χ1) is 9.53. The zero-order valence-corrected chi connectivity index (χ0v) is 11.7. The maximum absolute atomic E-state index is 14.0. The van der Waals surface area contributed by atoms with E-state index in [9.17, 15) is 14.3 Å². The molecule has 0 radical (unpaired) electrons. The molecule has 3 rings (SSSR count). The van der Waals surface area contributed by atoms with Gasteiger partial charge in [-0.2, -0.15) is 0 Å². The van der Waals surface area contributed by atoms with Crippen molar-refractivity contribution in [1.29, 1.82) is 0 Å². The smallest absolute Gasteiger partial charge is 0.312 e. The van der Waals surface area contributed by atoms with Gasteiger partial charge in [0, 0.05) is 11.6 Å². The standard InChI is InChI=1S/C15H16ClFO3/c16-11-4-3-10(12(17)7-11)8-15(14(18)19)5-6-20-13(15)9-1-2-9/h3-4,7,9,13H,1-2,5-6,8H2,(H,18,19). The zero-order valence-electron chi connectivity index (χ0n) is 10.9. The normalized spacial score (nSPS) is 29.6. The summed E-state index contributed by atoms with van der Waals surface area (Å²) in [6, 6.07) is 4.40. The lowest BCUT2D eigenvalue weighted by atomic mass is 9.74. The van der Waals surface area contributed by atoms with E-state index in [-0.39, 0.29) is 12.5 Å². The Morgan fingerprint density at radius 2 is 2.25 bits per heavy atom. The van der Waals surface area contributed by atoms with Crippen molar-refractivity contribution in [3.8, 4) is 0 Å². The van der Waals surface area contributed by atoms with Crippen LogP contribution in [0, 0.1) is 17.2 Å². The van der Waals surface area contributed by atoms with Gasteiger partial charge in [0.15, 0.2) is 0 Å². The Hall–Kier alpha value is -1.13. The predicted molar refractivity (Wildman–Crippen MR) is 72.3 cm³/mol. The zero-order chi connectivity index (χ0) is 14.3. The maximum Gasteiger partial charge on any atom is 0.312 e. The van der Waals surface area contributed by atoms with E-state index in [0.29, 0.717) is 29.5 Å². The summed E-state index contributed by atoms with van der Waals surface area (Å²) in [6.07, 6.45) is 2.30. The molecule has 0 bridgehead atoms. The molecule has 1 aromatic rings. The molecule has 1 aromatic carbocycles. The van der Waals surface area contributed by atoms with Crippen molar-refractivity contribution in [3.05, 3.63) is 34.6 Å². The van der Waals surface area contributed by atoms with Gasteiger partial charge in [0.1, 0.15) is 11.2 Å². The van der Waals surface area contributed by atoms with Crippen LogP contribution in [0.1, 0.15) is 24.8 Å². The minimum Gasteiger partial charge on any atom is -0.481 e. The van der Waals surface area contributed by atoms with E-state index in [1.807, 2.05) is 0 Å². The van der Waals surface area contributed by atoms with Crippen LogP contribution in [0.3, 0.4) is 0 Å². The van der Waals surface area contributed by atoms with Crippen LogP contribution < -0.4 is 0 Å². The Bertz CT molecular complexity index is 544. The van der Waals surface area contributed by atoms with Gasteiger partial charge in [-0.3, -0.25) is 4.79 Å². The Morgan fingerprint density at radius 1 is 1.50 bits per heavy atom. The second-order valence-corrected chi connectivity index (χ2v) is 6.19. The second-order valence-electron chi connectivity index (χ2n) is 5.75. The highest BCUT2D eigenvalue weighted by Gasteiger charge is 2.55. The van der Waals surface area contributed by atoms with E-state index in [0.717, 1.165) is 12.8 Å². The van der Waals surface area contributed by atoms with Gasteiger partial charge in [0.05, 0.1) is 6.10 Å². The number of ether oxygens (including phenoxy) is 1. The first-order valence-electron chi connectivity index (χ1n) is 6.82. The van der Waals surface area contributed by atoms with Crippen LogP contribution in [0.25, 0.3) is 0 Å². The van der Waals surface area contributed by atoms with Gasteiger partial charge in [-0.05, 0) is 49.3 Å². The van der Waals surface area contributed by atoms with Crippen molar-refractivity contribution >= 4 is 17.6 Å². The number of hydrogen-bond donors (Lipinski definition) is 1. The average Bonchev–Trinajstić information content (AvgIpc) is 3.14. The largest absolute Gasteiger partial charge is 0.481 e. The fraction of sp³-hybridized carbons (Fsp3) is 0.533. The molecule has 108 valence electrons. The molecule has 1 saturated heterocycles. The third kappa shape index (κ3) is 2.31. The topological polar surface area (TPSA) is 46.5 Å². The summed E-state index contributed by atoms with van der Waals surface area (Å²) in [7, 11) is 0. The second kappa shape index (κ2) is 5.01. The Kier molecular flexibility index (Phi) is 3.46. The molecule has 2 unspecified atom stereocenters. The SMILES string of the molecule is O=C(O)C1(Cc2ccc(Cl)cc2F)CCOC1C1CC1. The van der Waals surface area contributed by atoms with Gasteiger partial charge in [-0.25, -0.2) is 4.39 Å². The Morgan fingerprint density at radius 3 is 2.85 bits per heavy atom. The molecule has 5 heteroatoms. The molecule has 0 aromatic heterocycles. The summed E-state index contributed by atoms with van der Waals surface area (Å²) < 4.78 is 19.6. The molecule has 2 fully saturated rings. The highest BCUT2D eigenvalue weighted by atomic mass is 35.5. The summed E-state index contributed by atoms with van der Waals surface area (Å²) in [5, 5.41) is 10.0. The lowest BCUT2D eigenvalue weighted by molar-refractivity contribution is -0.153. The molecule has 1 N–H and O–H groups in total. The molecule has 1 saturated carbocycles. The van der Waals surface area contributed by atoms with Crippen LogP contribution in [-0.2, 0) is 16.0 Å². The number of benzene rings is 1. The highest BCUT2D eigenvalue weighted by Crippen LogP contribution is 2.49. The number of carbonyl (C=O) groups is 1. The molecular formula is C15H16ClFO3. The van der Waals surface area contributed by atoms with Crippen LogP contribution in [0.15, 0.2) is 18.2 Å². The quantitative estimate of drug-likeness (QED) is 0.928. The van der Waals surface area contributed by atoms with E-state index in [1.54, 1.807) is 12.1 Å². The Labute approximate surface area is 121 Å². The van der Waals surface area contributed by atoms with Crippen LogP contribution in [-0.4, -0.2) is 23.8 Å². The molecule has 0 spiro atoms. The number of hydrogen-bond acceptors (Lipinski definition) is 2. The monoisotopic (exact) mass is 298 g/mol. The molecule has 1 aliphatic carbocycles. The van der Waals surface area contributed by atoms with Crippen molar-refractivity contribution in [2.45, 2.75) is 31.8 Å². The molecule has 1 heterocycles. The number of rotatable bonds is 4. The summed E-state index contributed by atoms with van der Waals surface area (Å²) in [5.41, 5.74) is -0.608. The lowest BCUT2D eigenvalue weighted by Gasteiger charge is -2.30. The number of carboxylic acids is 1. The minimum atomic E-state index is -1.00. The fourth-order valence-electron chi connectivity index (χ4n) is 3.15. The van der Waals surface area contributed by atoms with Crippen molar-refractivity contribution in [2.24, 2.45) is 11.3 Å². The molecule has 1 aliphatic heterocycles. The van der Waals surface area contributed by atoms with Gasteiger partial charge in [-0.15, -0.1) is 0 Å². The van der Waals surface area contributed by atoms with E-state index in [4.69, 9.17) is 16.3 Å².